The van der Waals surface area contributed by atoms with Crippen molar-refractivity contribution in [3.8, 4) is 11.8 Å². The molecule has 0 bridgehead atoms. The van der Waals surface area contributed by atoms with Gasteiger partial charge in [0.05, 0.1) is 5.39 Å². The van der Waals surface area contributed by atoms with Gasteiger partial charge in [-0.2, -0.15) is 5.26 Å². The molecule has 2 aromatic heterocycles. The van der Waals surface area contributed by atoms with Gasteiger partial charge in [-0.1, -0.05) is 12.1 Å². The van der Waals surface area contributed by atoms with Gasteiger partial charge in [0.1, 0.15) is 24.0 Å². The van der Waals surface area contributed by atoms with Gasteiger partial charge >= 0.3 is 5.97 Å². The average molecular weight is 283 g/mol. The molecule has 0 aliphatic rings. The largest absolute Gasteiger partial charge is 0.480 e. The summed E-state index contributed by atoms with van der Waals surface area (Å²) in [5.41, 5.74) is 0.551. The molecular formula is C15H9NO5. The molecule has 0 radical (unpaired) electrons. The SMILES string of the molecule is N#Cc1oc2ccccc2c1OCc1ccc(C(=O)O)o1. The molecule has 2 heterocycles. The standard InChI is InChI=1S/C15H9NO5/c16-7-13-14(10-3-1-2-4-11(10)21-13)19-8-9-5-6-12(20-9)15(17)18/h1-6H,8H2,(H,17,18). The molecule has 104 valence electrons. The summed E-state index contributed by atoms with van der Waals surface area (Å²) in [5, 5.41) is 18.5. The van der Waals surface area contributed by atoms with Crippen molar-refractivity contribution in [1.82, 2.24) is 0 Å². The third-order valence-electron chi connectivity index (χ3n) is 2.88. The molecule has 0 atom stereocenters. The lowest BCUT2D eigenvalue weighted by Gasteiger charge is -2.01. The highest BCUT2D eigenvalue weighted by atomic mass is 16.5. The molecule has 6 heteroatoms. The number of para-hydroxylation sites is 1. The molecule has 0 spiro atoms. The fourth-order valence-corrected chi connectivity index (χ4v) is 1.95. The highest BCUT2D eigenvalue weighted by Crippen LogP contribution is 2.33. The number of benzene rings is 1. The molecular weight excluding hydrogens is 274 g/mol. The van der Waals surface area contributed by atoms with Gasteiger partial charge in [-0.15, -0.1) is 0 Å². The Morgan fingerprint density at radius 1 is 1.24 bits per heavy atom. The zero-order chi connectivity index (χ0) is 14.8. The molecule has 1 N–H and O–H groups in total. The average Bonchev–Trinajstić information content (AvgIpc) is 3.09. The number of aromatic carboxylic acids is 1. The van der Waals surface area contributed by atoms with E-state index in [0.717, 1.165) is 0 Å². The van der Waals surface area contributed by atoms with Crippen LogP contribution in [0.1, 0.15) is 22.1 Å². The van der Waals surface area contributed by atoms with Gasteiger partial charge in [0.25, 0.3) is 0 Å². The minimum Gasteiger partial charge on any atom is -0.480 e. The second-order valence-corrected chi connectivity index (χ2v) is 4.23. The number of rotatable bonds is 4. The second kappa shape index (κ2) is 5.06. The van der Waals surface area contributed by atoms with Crippen molar-refractivity contribution < 1.29 is 23.5 Å². The van der Waals surface area contributed by atoms with Crippen molar-refractivity contribution in [3.05, 3.63) is 53.7 Å². The van der Waals surface area contributed by atoms with Crippen LogP contribution < -0.4 is 4.74 Å². The Kier molecular flexibility index (Phi) is 3.09. The third kappa shape index (κ3) is 2.32. The van der Waals surface area contributed by atoms with Crippen LogP contribution in [-0.2, 0) is 6.61 Å². The van der Waals surface area contributed by atoms with E-state index in [1.165, 1.54) is 12.1 Å². The lowest BCUT2D eigenvalue weighted by Crippen LogP contribution is -1.95. The minimum atomic E-state index is -1.15. The van der Waals surface area contributed by atoms with E-state index in [-0.39, 0.29) is 18.1 Å². The van der Waals surface area contributed by atoms with E-state index in [4.69, 9.17) is 23.9 Å². The molecule has 0 saturated heterocycles. The van der Waals surface area contributed by atoms with Gasteiger partial charge < -0.3 is 18.7 Å². The zero-order valence-electron chi connectivity index (χ0n) is 10.7. The fraction of sp³-hybridized carbons (Fsp3) is 0.0667. The number of fused-ring (bicyclic) bond motifs is 1. The molecule has 1 aromatic carbocycles. The first-order valence-corrected chi connectivity index (χ1v) is 6.05. The van der Waals surface area contributed by atoms with Crippen LogP contribution in [0.15, 0.2) is 45.2 Å². The van der Waals surface area contributed by atoms with Crippen LogP contribution in [0.25, 0.3) is 11.0 Å². The summed E-state index contributed by atoms with van der Waals surface area (Å²) >= 11 is 0. The van der Waals surface area contributed by atoms with Crippen LogP contribution >= 0.6 is 0 Å². The predicted octanol–water partition coefficient (Wildman–Crippen LogP) is 3.17. The highest BCUT2D eigenvalue weighted by Gasteiger charge is 2.16. The number of carboxylic acid groups (broad SMARTS) is 1. The molecule has 0 aliphatic carbocycles. The van der Waals surface area contributed by atoms with Crippen molar-refractivity contribution in [3.63, 3.8) is 0 Å². The number of carboxylic acids is 1. The topological polar surface area (TPSA) is 96.6 Å². The van der Waals surface area contributed by atoms with Gasteiger partial charge in [0, 0.05) is 0 Å². The summed E-state index contributed by atoms with van der Waals surface area (Å²) in [7, 11) is 0. The Bertz CT molecular complexity index is 852. The summed E-state index contributed by atoms with van der Waals surface area (Å²) < 4.78 is 16.0. The normalized spacial score (nSPS) is 10.4. The Labute approximate surface area is 118 Å². The lowest BCUT2D eigenvalue weighted by molar-refractivity contribution is 0.0658. The number of carbonyl (C=O) groups is 1. The number of hydrogen-bond donors (Lipinski definition) is 1. The first-order chi connectivity index (χ1) is 10.2. The van der Waals surface area contributed by atoms with Crippen molar-refractivity contribution in [1.29, 1.82) is 5.26 Å². The Morgan fingerprint density at radius 3 is 2.76 bits per heavy atom. The molecule has 6 nitrogen and oxygen atoms in total. The molecule has 0 amide bonds. The minimum absolute atomic E-state index is 0.00544. The lowest BCUT2D eigenvalue weighted by atomic mass is 10.2. The van der Waals surface area contributed by atoms with Crippen molar-refractivity contribution in [2.45, 2.75) is 6.61 Å². The quantitative estimate of drug-likeness (QED) is 0.789. The van der Waals surface area contributed by atoms with Crippen molar-refractivity contribution >= 4 is 16.9 Å². The van der Waals surface area contributed by atoms with Gasteiger partial charge in [0.2, 0.25) is 11.5 Å². The number of nitrogens with zero attached hydrogens (tertiary/aromatic N) is 1. The van der Waals surface area contributed by atoms with Crippen molar-refractivity contribution in [2.75, 3.05) is 0 Å². The van der Waals surface area contributed by atoms with Gasteiger partial charge in [-0.05, 0) is 24.3 Å². The van der Waals surface area contributed by atoms with Crippen molar-refractivity contribution in [2.24, 2.45) is 0 Å². The predicted molar refractivity (Wildman–Crippen MR) is 70.9 cm³/mol. The van der Waals surface area contributed by atoms with E-state index >= 15 is 0 Å². The van der Waals surface area contributed by atoms with Gasteiger partial charge in [-0.3, -0.25) is 0 Å². The highest BCUT2D eigenvalue weighted by molar-refractivity contribution is 5.86. The number of hydrogen-bond acceptors (Lipinski definition) is 5. The molecule has 3 aromatic rings. The monoisotopic (exact) mass is 283 g/mol. The molecule has 0 aliphatic heterocycles. The van der Waals surface area contributed by atoms with Gasteiger partial charge in [0.15, 0.2) is 5.75 Å². The van der Waals surface area contributed by atoms with Crippen LogP contribution in [-0.4, -0.2) is 11.1 Å². The van der Waals surface area contributed by atoms with Crippen LogP contribution in [0.2, 0.25) is 0 Å². The van der Waals surface area contributed by atoms with Crippen LogP contribution in [0.5, 0.6) is 5.75 Å². The van der Waals surface area contributed by atoms with Gasteiger partial charge in [-0.25, -0.2) is 4.79 Å². The number of furan rings is 2. The summed E-state index contributed by atoms with van der Waals surface area (Å²) in [6.07, 6.45) is 0. The summed E-state index contributed by atoms with van der Waals surface area (Å²) in [6.45, 7) is 0.00544. The number of ether oxygens (including phenoxy) is 1. The molecule has 21 heavy (non-hydrogen) atoms. The first-order valence-electron chi connectivity index (χ1n) is 6.05. The molecule has 0 fully saturated rings. The Morgan fingerprint density at radius 2 is 2.05 bits per heavy atom. The Hall–Kier alpha value is -3.20. The van der Waals surface area contributed by atoms with E-state index in [1.54, 1.807) is 24.3 Å². The maximum atomic E-state index is 10.7. The smallest absolute Gasteiger partial charge is 0.371 e. The maximum absolute atomic E-state index is 10.7. The fourth-order valence-electron chi connectivity index (χ4n) is 1.95. The van der Waals surface area contributed by atoms with Crippen LogP contribution in [0.3, 0.4) is 0 Å². The summed E-state index contributed by atoms with van der Waals surface area (Å²) in [6, 6.07) is 11.9. The molecule has 0 saturated carbocycles. The summed E-state index contributed by atoms with van der Waals surface area (Å²) in [5.74, 6) is -0.567. The van der Waals surface area contributed by atoms with Crippen LogP contribution in [0, 0.1) is 11.3 Å². The van der Waals surface area contributed by atoms with E-state index < -0.39 is 5.97 Å². The maximum Gasteiger partial charge on any atom is 0.371 e. The second-order valence-electron chi connectivity index (χ2n) is 4.23. The molecule has 3 rings (SSSR count). The third-order valence-corrected chi connectivity index (χ3v) is 2.88. The van der Waals surface area contributed by atoms with E-state index in [0.29, 0.717) is 22.5 Å². The first kappa shape index (κ1) is 12.8. The van der Waals surface area contributed by atoms with E-state index in [1.807, 2.05) is 6.07 Å². The Balaban J connectivity index is 1.87. The summed E-state index contributed by atoms with van der Waals surface area (Å²) in [4.78, 5) is 10.7. The number of nitriles is 1. The van der Waals surface area contributed by atoms with E-state index in [9.17, 15) is 4.79 Å². The van der Waals surface area contributed by atoms with Crippen LogP contribution in [0.4, 0.5) is 0 Å². The van der Waals surface area contributed by atoms with E-state index in [2.05, 4.69) is 0 Å². The molecule has 0 unspecified atom stereocenters. The zero-order valence-corrected chi connectivity index (χ0v) is 10.7.